The van der Waals surface area contributed by atoms with Crippen molar-refractivity contribution < 1.29 is 4.79 Å². The molecule has 1 atom stereocenters. The highest BCUT2D eigenvalue weighted by molar-refractivity contribution is 8.13. The number of hydrogen-bond donors (Lipinski definition) is 2. The van der Waals surface area contributed by atoms with Crippen molar-refractivity contribution >= 4 is 22.8 Å². The van der Waals surface area contributed by atoms with E-state index in [1.54, 1.807) is 11.8 Å². The lowest BCUT2D eigenvalue weighted by atomic mass is 9.96. The number of carbonyl (C=O) groups is 1. The van der Waals surface area contributed by atoms with Crippen LogP contribution < -0.4 is 10.6 Å². The predicted octanol–water partition coefficient (Wildman–Crippen LogP) is 2.15. The molecule has 4 nitrogen and oxygen atoms in total. The van der Waals surface area contributed by atoms with Crippen molar-refractivity contribution in [2.75, 3.05) is 12.3 Å². The van der Waals surface area contributed by atoms with Gasteiger partial charge in [0.2, 0.25) is 5.91 Å². The number of amidine groups is 1. The van der Waals surface area contributed by atoms with E-state index < -0.39 is 0 Å². The lowest BCUT2D eigenvalue weighted by Gasteiger charge is -2.35. The van der Waals surface area contributed by atoms with Crippen LogP contribution >= 0.6 is 11.8 Å². The summed E-state index contributed by atoms with van der Waals surface area (Å²) in [7, 11) is 0. The Morgan fingerprint density at radius 1 is 1.56 bits per heavy atom. The predicted molar refractivity (Wildman–Crippen MR) is 79.1 cm³/mol. The Balaban J connectivity index is 2.50. The van der Waals surface area contributed by atoms with E-state index in [-0.39, 0.29) is 23.5 Å². The van der Waals surface area contributed by atoms with Gasteiger partial charge in [-0.15, -0.1) is 0 Å². The molecule has 0 aliphatic carbocycles. The van der Waals surface area contributed by atoms with E-state index in [4.69, 9.17) is 0 Å². The van der Waals surface area contributed by atoms with Gasteiger partial charge in [0.05, 0.1) is 0 Å². The van der Waals surface area contributed by atoms with Gasteiger partial charge in [-0.1, -0.05) is 18.7 Å². The quantitative estimate of drug-likeness (QED) is 0.827. The number of nitrogens with zero attached hydrogens (tertiary/aromatic N) is 1. The van der Waals surface area contributed by atoms with E-state index in [1.165, 1.54) is 0 Å². The van der Waals surface area contributed by atoms with Crippen molar-refractivity contribution in [3.05, 3.63) is 0 Å². The molecule has 5 heteroatoms. The van der Waals surface area contributed by atoms with Crippen LogP contribution in [0, 0.1) is 0 Å². The molecule has 1 amide bonds. The molecule has 0 radical (unpaired) electrons. The lowest BCUT2D eigenvalue weighted by Crippen LogP contribution is -2.48. The molecule has 2 N–H and O–H groups in total. The number of carbonyl (C=O) groups excluding carboxylic acids is 1. The summed E-state index contributed by atoms with van der Waals surface area (Å²) in [4.78, 5) is 16.0. The third-order valence-corrected chi connectivity index (χ3v) is 3.88. The number of hydrogen-bond acceptors (Lipinski definition) is 3. The molecule has 0 aromatic carbocycles. The van der Waals surface area contributed by atoms with E-state index in [1.807, 2.05) is 20.8 Å². The zero-order valence-electron chi connectivity index (χ0n) is 12.1. The fourth-order valence-electron chi connectivity index (χ4n) is 1.68. The van der Waals surface area contributed by atoms with Crippen LogP contribution in [0.3, 0.4) is 0 Å². The normalized spacial score (nSPS) is 26.8. The summed E-state index contributed by atoms with van der Waals surface area (Å²) in [6.07, 6.45) is 2.21. The molecule has 1 unspecified atom stereocenters. The first kappa shape index (κ1) is 15.3. The zero-order valence-corrected chi connectivity index (χ0v) is 12.9. The first-order valence-corrected chi connectivity index (χ1v) is 7.49. The molecule has 1 rings (SSSR count). The Hall–Kier alpha value is -0.710. The summed E-state index contributed by atoms with van der Waals surface area (Å²) >= 11 is 1.70. The first-order valence-electron chi connectivity index (χ1n) is 6.50. The third-order valence-electron chi connectivity index (χ3n) is 2.96. The van der Waals surface area contributed by atoms with Crippen LogP contribution in [0.4, 0.5) is 0 Å². The van der Waals surface area contributed by atoms with Gasteiger partial charge in [0.1, 0.15) is 6.54 Å². The fourth-order valence-corrected chi connectivity index (χ4v) is 2.90. The minimum atomic E-state index is -0.192. The molecule has 1 aliphatic rings. The monoisotopic (exact) mass is 271 g/mol. The average molecular weight is 271 g/mol. The van der Waals surface area contributed by atoms with Gasteiger partial charge in [-0.3, -0.25) is 9.79 Å². The van der Waals surface area contributed by atoms with Gasteiger partial charge in [0.25, 0.3) is 0 Å². The van der Waals surface area contributed by atoms with Gasteiger partial charge in [-0.05, 0) is 40.5 Å². The van der Waals surface area contributed by atoms with Crippen molar-refractivity contribution in [1.29, 1.82) is 0 Å². The van der Waals surface area contributed by atoms with Crippen LogP contribution in [-0.2, 0) is 4.79 Å². The largest absolute Gasteiger partial charge is 0.360 e. The van der Waals surface area contributed by atoms with Gasteiger partial charge >= 0.3 is 0 Å². The van der Waals surface area contributed by atoms with E-state index >= 15 is 0 Å². The van der Waals surface area contributed by atoms with Crippen molar-refractivity contribution in [2.45, 2.75) is 58.5 Å². The summed E-state index contributed by atoms with van der Waals surface area (Å²) in [5, 5.41) is 7.24. The van der Waals surface area contributed by atoms with E-state index in [2.05, 4.69) is 29.5 Å². The van der Waals surface area contributed by atoms with E-state index in [9.17, 15) is 4.79 Å². The highest BCUT2D eigenvalue weighted by atomic mass is 32.2. The molecule has 1 fully saturated rings. The van der Waals surface area contributed by atoms with E-state index in [0.29, 0.717) is 0 Å². The molecular formula is C13H25N3OS. The number of amides is 1. The minimum Gasteiger partial charge on any atom is -0.360 e. The smallest absolute Gasteiger partial charge is 0.242 e. The maximum absolute atomic E-state index is 11.7. The Morgan fingerprint density at radius 2 is 2.22 bits per heavy atom. The molecule has 0 aromatic rings. The summed E-state index contributed by atoms with van der Waals surface area (Å²) < 4.78 is 0. The fraction of sp³-hybridized carbons (Fsp3) is 0.846. The Labute approximate surface area is 114 Å². The highest BCUT2D eigenvalue weighted by Gasteiger charge is 2.27. The van der Waals surface area contributed by atoms with Crippen LogP contribution in [0.5, 0.6) is 0 Å². The first-order chi connectivity index (χ1) is 8.24. The Kier molecular flexibility index (Phi) is 5.08. The Morgan fingerprint density at radius 3 is 2.78 bits per heavy atom. The zero-order chi connectivity index (χ0) is 13.8. The second kappa shape index (κ2) is 5.95. The number of thioether (sulfide) groups is 1. The lowest BCUT2D eigenvalue weighted by molar-refractivity contribution is -0.121. The molecule has 18 heavy (non-hydrogen) atoms. The SMILES string of the molecule is CCC1(C)CCSC(=NCC(=O)NC(C)(C)C)N1. The van der Waals surface area contributed by atoms with Gasteiger partial charge in [-0.2, -0.15) is 0 Å². The third kappa shape index (κ3) is 5.29. The van der Waals surface area contributed by atoms with Crippen LogP contribution in [0.25, 0.3) is 0 Å². The second-order valence-corrected chi connectivity index (χ2v) is 7.14. The van der Waals surface area contributed by atoms with Crippen LogP contribution in [0.2, 0.25) is 0 Å². The van der Waals surface area contributed by atoms with Crippen molar-refractivity contribution in [1.82, 2.24) is 10.6 Å². The molecule has 1 aliphatic heterocycles. The molecule has 0 aromatic heterocycles. The molecule has 104 valence electrons. The average Bonchev–Trinajstić information content (AvgIpc) is 2.24. The van der Waals surface area contributed by atoms with Crippen LogP contribution in [-0.4, -0.2) is 34.5 Å². The number of rotatable bonds is 3. The summed E-state index contributed by atoms with van der Waals surface area (Å²) in [6.45, 7) is 10.5. The second-order valence-electron chi connectivity index (χ2n) is 6.06. The summed E-state index contributed by atoms with van der Waals surface area (Å²) in [6, 6.07) is 0. The molecule has 0 saturated carbocycles. The Bertz CT molecular complexity index is 336. The maximum Gasteiger partial charge on any atom is 0.242 e. The maximum atomic E-state index is 11.7. The molecule has 0 bridgehead atoms. The number of aliphatic imine (C=N–C) groups is 1. The van der Waals surface area contributed by atoms with Crippen molar-refractivity contribution in [3.8, 4) is 0 Å². The standard InChI is InChI=1S/C13H25N3OS/c1-6-13(5)7-8-18-11(16-13)14-9-10(17)15-12(2,3)4/h6-9H2,1-5H3,(H,14,16)(H,15,17). The summed E-state index contributed by atoms with van der Waals surface area (Å²) in [5.74, 6) is 1.04. The van der Waals surface area contributed by atoms with Gasteiger partial charge < -0.3 is 10.6 Å². The van der Waals surface area contributed by atoms with Crippen molar-refractivity contribution in [2.24, 2.45) is 4.99 Å². The van der Waals surface area contributed by atoms with Gasteiger partial charge in [0.15, 0.2) is 5.17 Å². The van der Waals surface area contributed by atoms with Gasteiger partial charge in [-0.25, -0.2) is 0 Å². The van der Waals surface area contributed by atoms with Crippen LogP contribution in [0.15, 0.2) is 4.99 Å². The topological polar surface area (TPSA) is 53.5 Å². The molecule has 0 spiro atoms. The molecular weight excluding hydrogens is 246 g/mol. The number of nitrogens with one attached hydrogen (secondary N) is 2. The van der Waals surface area contributed by atoms with Crippen LogP contribution in [0.1, 0.15) is 47.5 Å². The molecule has 1 heterocycles. The minimum absolute atomic E-state index is 0.0267. The van der Waals surface area contributed by atoms with Gasteiger partial charge in [0, 0.05) is 16.8 Å². The summed E-state index contributed by atoms with van der Waals surface area (Å²) in [5.41, 5.74) is -0.0626. The van der Waals surface area contributed by atoms with E-state index in [0.717, 1.165) is 23.8 Å². The van der Waals surface area contributed by atoms with Crippen molar-refractivity contribution in [3.63, 3.8) is 0 Å². The molecule has 1 saturated heterocycles. The highest BCUT2D eigenvalue weighted by Crippen LogP contribution is 2.24.